The van der Waals surface area contributed by atoms with Crippen LogP contribution in [0, 0.1) is 0 Å². The lowest BCUT2D eigenvalue weighted by Crippen LogP contribution is -2.09. The van der Waals surface area contributed by atoms with Gasteiger partial charge in [0.15, 0.2) is 0 Å². The molecule has 1 heteroatoms. The molecule has 0 spiro atoms. The van der Waals surface area contributed by atoms with Crippen LogP contribution in [0.1, 0.15) is 13.8 Å². The summed E-state index contributed by atoms with van der Waals surface area (Å²) in [6.07, 6.45) is 30.0. The maximum absolute atomic E-state index is 2.41. The standard InChI is InChI=1S/C20H22B/c1-3-5-7-11-17-15-16-18(12-8-6-4-2)20(17)21-19-13-9-10-14-19/h3-16,19-20H,1-2H3/b5-3-,6-4-,11-7-,12-8-. The van der Waals surface area contributed by atoms with Gasteiger partial charge < -0.3 is 0 Å². The van der Waals surface area contributed by atoms with Gasteiger partial charge in [-0.15, -0.1) is 0 Å². The zero-order chi connectivity index (χ0) is 14.9. The molecule has 0 atom stereocenters. The van der Waals surface area contributed by atoms with Crippen molar-refractivity contribution in [3.8, 4) is 0 Å². The second-order valence-corrected chi connectivity index (χ2v) is 5.12. The van der Waals surface area contributed by atoms with Crippen molar-refractivity contribution in [2.75, 3.05) is 0 Å². The first kappa shape index (κ1) is 15.4. The highest BCUT2D eigenvalue weighted by molar-refractivity contribution is 6.44. The van der Waals surface area contributed by atoms with Gasteiger partial charge >= 0.3 is 0 Å². The third-order valence-corrected chi connectivity index (χ3v) is 3.56. The molecular formula is C20H22B. The molecule has 0 fully saturated rings. The average molecular weight is 273 g/mol. The minimum atomic E-state index is 0.366. The molecule has 2 aliphatic carbocycles. The normalized spacial score (nSPS) is 19.9. The van der Waals surface area contributed by atoms with Gasteiger partial charge in [0.1, 0.15) is 7.28 Å². The van der Waals surface area contributed by atoms with Gasteiger partial charge in [-0.1, -0.05) is 85.1 Å². The Morgan fingerprint density at radius 1 is 0.810 bits per heavy atom. The molecule has 0 bridgehead atoms. The van der Waals surface area contributed by atoms with Crippen LogP contribution in [0.25, 0.3) is 0 Å². The van der Waals surface area contributed by atoms with Crippen molar-refractivity contribution in [1.29, 1.82) is 0 Å². The van der Waals surface area contributed by atoms with Gasteiger partial charge in [-0.25, -0.2) is 0 Å². The smallest absolute Gasteiger partial charge is 0.0877 e. The number of hydrogen-bond acceptors (Lipinski definition) is 0. The van der Waals surface area contributed by atoms with E-state index in [4.69, 9.17) is 0 Å². The van der Waals surface area contributed by atoms with E-state index in [1.165, 1.54) is 11.1 Å². The van der Waals surface area contributed by atoms with Crippen LogP contribution in [0.3, 0.4) is 0 Å². The number of hydrogen-bond donors (Lipinski definition) is 0. The highest BCUT2D eigenvalue weighted by atomic mass is 14.2. The third-order valence-electron chi connectivity index (χ3n) is 3.56. The van der Waals surface area contributed by atoms with Crippen LogP contribution in [0.5, 0.6) is 0 Å². The first-order valence-electron chi connectivity index (χ1n) is 7.55. The van der Waals surface area contributed by atoms with Crippen molar-refractivity contribution in [3.05, 3.63) is 96.2 Å². The van der Waals surface area contributed by atoms with E-state index in [-0.39, 0.29) is 0 Å². The monoisotopic (exact) mass is 273 g/mol. The zero-order valence-corrected chi connectivity index (χ0v) is 12.8. The van der Waals surface area contributed by atoms with Crippen LogP contribution in [0.2, 0.25) is 11.6 Å². The average Bonchev–Trinajstić information content (AvgIpc) is 3.12. The number of allylic oxidation sites excluding steroid dienone is 16. The van der Waals surface area contributed by atoms with Crippen molar-refractivity contribution < 1.29 is 0 Å². The summed E-state index contributed by atoms with van der Waals surface area (Å²) in [6.45, 7) is 4.07. The maximum atomic E-state index is 2.41. The van der Waals surface area contributed by atoms with Gasteiger partial charge in [0, 0.05) is 0 Å². The molecular weight excluding hydrogens is 251 g/mol. The van der Waals surface area contributed by atoms with Crippen LogP contribution in [0.15, 0.2) is 96.2 Å². The van der Waals surface area contributed by atoms with Gasteiger partial charge in [0.25, 0.3) is 0 Å². The third kappa shape index (κ3) is 4.49. The second-order valence-electron chi connectivity index (χ2n) is 5.12. The van der Waals surface area contributed by atoms with Crippen LogP contribution < -0.4 is 0 Å². The fraction of sp³-hybridized carbons (Fsp3) is 0.200. The molecule has 0 amide bonds. The molecule has 2 rings (SSSR count). The summed E-state index contributed by atoms with van der Waals surface area (Å²) in [5, 5.41) is 0. The van der Waals surface area contributed by atoms with E-state index in [0.717, 1.165) is 0 Å². The predicted molar refractivity (Wildman–Crippen MR) is 95.6 cm³/mol. The molecule has 21 heavy (non-hydrogen) atoms. The Balaban J connectivity index is 2.11. The fourth-order valence-corrected chi connectivity index (χ4v) is 2.49. The minimum absolute atomic E-state index is 0.366. The predicted octanol–water partition coefficient (Wildman–Crippen LogP) is 5.52. The molecule has 1 radical (unpaired) electrons. The Bertz CT molecular complexity index is 527. The summed E-state index contributed by atoms with van der Waals surface area (Å²) in [5.41, 5.74) is 2.70. The van der Waals surface area contributed by atoms with E-state index in [1.807, 2.05) is 26.0 Å². The molecule has 0 unspecified atom stereocenters. The van der Waals surface area contributed by atoms with E-state index in [1.54, 1.807) is 0 Å². The minimum Gasteiger partial charge on any atom is -0.0877 e. The van der Waals surface area contributed by atoms with Gasteiger partial charge in [-0.3, -0.25) is 0 Å². The Labute approximate surface area is 129 Å². The molecule has 0 saturated heterocycles. The molecule has 0 heterocycles. The van der Waals surface area contributed by atoms with Crippen molar-refractivity contribution in [3.63, 3.8) is 0 Å². The first-order chi connectivity index (χ1) is 10.3. The highest BCUT2D eigenvalue weighted by Crippen LogP contribution is 2.37. The molecule has 2 aliphatic rings. The van der Waals surface area contributed by atoms with Crippen molar-refractivity contribution in [2.24, 2.45) is 0 Å². The summed E-state index contributed by atoms with van der Waals surface area (Å²) in [7, 11) is 2.41. The van der Waals surface area contributed by atoms with E-state index >= 15 is 0 Å². The van der Waals surface area contributed by atoms with Gasteiger partial charge in [-0.2, -0.15) is 0 Å². The van der Waals surface area contributed by atoms with Crippen LogP contribution in [-0.4, -0.2) is 7.28 Å². The zero-order valence-electron chi connectivity index (χ0n) is 12.8. The Hall–Kier alpha value is -2.02. The van der Waals surface area contributed by atoms with E-state index in [2.05, 4.69) is 80.2 Å². The Kier molecular flexibility index (Phi) is 6.09. The fourth-order valence-electron chi connectivity index (χ4n) is 2.49. The lowest BCUT2D eigenvalue weighted by Gasteiger charge is -2.17. The van der Waals surface area contributed by atoms with Gasteiger partial charge in [-0.05, 0) is 36.6 Å². The van der Waals surface area contributed by atoms with Crippen molar-refractivity contribution >= 4 is 7.28 Å². The van der Waals surface area contributed by atoms with Gasteiger partial charge in [0.2, 0.25) is 0 Å². The van der Waals surface area contributed by atoms with E-state index in [9.17, 15) is 0 Å². The summed E-state index contributed by atoms with van der Waals surface area (Å²) < 4.78 is 0. The summed E-state index contributed by atoms with van der Waals surface area (Å²) in [5.74, 6) is 0.801. The van der Waals surface area contributed by atoms with Gasteiger partial charge in [0.05, 0.1) is 0 Å². The molecule has 0 aliphatic heterocycles. The van der Waals surface area contributed by atoms with Crippen molar-refractivity contribution in [1.82, 2.24) is 0 Å². The molecule has 0 saturated carbocycles. The quantitative estimate of drug-likeness (QED) is 0.441. The largest absolute Gasteiger partial charge is 0.139 e. The molecule has 0 N–H and O–H groups in total. The number of rotatable bonds is 6. The summed E-state index contributed by atoms with van der Waals surface area (Å²) >= 11 is 0. The SMILES string of the molecule is C/C=C\C=C/C1=CC=C(/C=C\C=C/C)C1[B]C1C=CC=C1. The lowest BCUT2D eigenvalue weighted by molar-refractivity contribution is 1.18. The first-order valence-corrected chi connectivity index (χ1v) is 7.55. The topological polar surface area (TPSA) is 0 Å². The van der Waals surface area contributed by atoms with Crippen LogP contribution in [0.4, 0.5) is 0 Å². The molecule has 0 aromatic heterocycles. The molecule has 0 aromatic carbocycles. The van der Waals surface area contributed by atoms with Crippen molar-refractivity contribution in [2.45, 2.75) is 25.5 Å². The van der Waals surface area contributed by atoms with Crippen LogP contribution in [-0.2, 0) is 0 Å². The Morgan fingerprint density at radius 2 is 1.33 bits per heavy atom. The van der Waals surface area contributed by atoms with E-state index in [0.29, 0.717) is 11.6 Å². The molecule has 0 nitrogen and oxygen atoms in total. The Morgan fingerprint density at radius 3 is 1.81 bits per heavy atom. The van der Waals surface area contributed by atoms with Crippen LogP contribution >= 0.6 is 0 Å². The summed E-state index contributed by atoms with van der Waals surface area (Å²) in [6, 6.07) is 0. The molecule has 0 aromatic rings. The summed E-state index contributed by atoms with van der Waals surface area (Å²) in [4.78, 5) is 0. The lowest BCUT2D eigenvalue weighted by atomic mass is 9.52. The van der Waals surface area contributed by atoms with E-state index < -0.39 is 0 Å². The maximum Gasteiger partial charge on any atom is 0.139 e. The highest BCUT2D eigenvalue weighted by Gasteiger charge is 2.23. The second kappa shape index (κ2) is 8.31. The molecule has 105 valence electrons.